The van der Waals surface area contributed by atoms with Crippen molar-refractivity contribution in [2.45, 2.75) is 31.6 Å². The van der Waals surface area contributed by atoms with Crippen LogP contribution in [0.3, 0.4) is 0 Å². The van der Waals surface area contributed by atoms with Crippen LogP contribution >= 0.6 is 11.8 Å². The smallest absolute Gasteiger partial charge is 0.274 e. The molecule has 0 aliphatic heterocycles. The molecule has 0 unspecified atom stereocenters. The largest absolute Gasteiger partial charge is 0.454 e. The van der Waals surface area contributed by atoms with E-state index in [2.05, 4.69) is 10.3 Å². The fraction of sp³-hybridized carbons (Fsp3) is 0.259. The van der Waals surface area contributed by atoms with Crippen LogP contribution in [-0.4, -0.2) is 28.3 Å². The third kappa shape index (κ3) is 4.84. The van der Waals surface area contributed by atoms with E-state index < -0.39 is 5.82 Å². The van der Waals surface area contributed by atoms with Crippen molar-refractivity contribution in [2.75, 3.05) is 12.8 Å². The zero-order valence-electron chi connectivity index (χ0n) is 20.4. The highest BCUT2D eigenvalue weighted by atomic mass is 32.2. The van der Waals surface area contributed by atoms with E-state index in [4.69, 9.17) is 4.74 Å². The predicted octanol–water partition coefficient (Wildman–Crippen LogP) is 6.06. The molecule has 2 N–H and O–H groups in total. The summed E-state index contributed by atoms with van der Waals surface area (Å²) in [6, 6.07) is 12.3. The molecule has 0 bridgehead atoms. The first-order valence-corrected chi connectivity index (χ1v) is 12.6. The summed E-state index contributed by atoms with van der Waals surface area (Å²) in [5, 5.41) is 3.34. The lowest BCUT2D eigenvalue weighted by Gasteiger charge is -2.16. The molecule has 8 heteroatoms. The van der Waals surface area contributed by atoms with E-state index >= 15 is 0 Å². The first kappa shape index (κ1) is 24.6. The van der Waals surface area contributed by atoms with Gasteiger partial charge in [0.1, 0.15) is 17.0 Å². The Kier molecular flexibility index (Phi) is 7.03. The van der Waals surface area contributed by atoms with E-state index in [9.17, 15) is 14.0 Å². The van der Waals surface area contributed by atoms with Crippen molar-refractivity contribution >= 4 is 28.6 Å². The van der Waals surface area contributed by atoms with Crippen molar-refractivity contribution in [1.29, 1.82) is 0 Å². The van der Waals surface area contributed by atoms with Crippen molar-refractivity contribution < 1.29 is 13.9 Å². The molecule has 0 spiro atoms. The number of aromatic amines is 1. The number of amides is 1. The topological polar surface area (TPSA) is 76.1 Å². The van der Waals surface area contributed by atoms with Crippen molar-refractivity contribution in [1.82, 2.24) is 14.9 Å². The number of fused-ring (bicyclic) bond motifs is 1. The molecule has 2 aromatic carbocycles. The summed E-state index contributed by atoms with van der Waals surface area (Å²) in [5.74, 6) is 0.0205. The van der Waals surface area contributed by atoms with E-state index in [1.807, 2.05) is 45.2 Å². The number of H-pyrrole nitrogens is 1. The molecule has 2 aromatic heterocycles. The Labute approximate surface area is 207 Å². The Morgan fingerprint density at radius 3 is 2.54 bits per heavy atom. The second-order valence-electron chi connectivity index (χ2n) is 8.60. The second kappa shape index (κ2) is 10.00. The standard InChI is InChI=1S/C27H28FN3O3S/c1-6-29-26(32)22-13-19-20(14-31(4)27(33)25(19)30-22)18-12-17(35-5)8-10-23(18)34-24-9-7-16(15(2)3)11-21(24)28/h7-15,30H,6H2,1-5H3,(H,29,32). The summed E-state index contributed by atoms with van der Waals surface area (Å²) >= 11 is 1.56. The fourth-order valence-corrected chi connectivity index (χ4v) is 4.38. The number of hydrogen-bond acceptors (Lipinski definition) is 4. The van der Waals surface area contributed by atoms with Gasteiger partial charge in [0, 0.05) is 41.2 Å². The number of thioether (sulfide) groups is 1. The number of aromatic nitrogens is 2. The lowest BCUT2D eigenvalue weighted by atomic mass is 10.0. The first-order chi connectivity index (χ1) is 16.7. The molecule has 35 heavy (non-hydrogen) atoms. The van der Waals surface area contributed by atoms with E-state index in [0.717, 1.165) is 10.5 Å². The molecule has 182 valence electrons. The summed E-state index contributed by atoms with van der Waals surface area (Å²) in [7, 11) is 1.65. The molecule has 0 radical (unpaired) electrons. The molecule has 1 amide bonds. The SMILES string of the molecule is CCNC(=O)c1cc2c(-c3cc(SC)ccc3Oc3ccc(C(C)C)cc3F)cn(C)c(=O)c2[nH]1. The van der Waals surface area contributed by atoms with Crippen LogP contribution in [-0.2, 0) is 7.05 Å². The Balaban J connectivity index is 1.90. The van der Waals surface area contributed by atoms with Crippen LogP contribution < -0.4 is 15.6 Å². The molecular weight excluding hydrogens is 465 g/mol. The number of pyridine rings is 1. The lowest BCUT2D eigenvalue weighted by Crippen LogP contribution is -2.23. The number of carbonyl (C=O) groups is 1. The van der Waals surface area contributed by atoms with Crippen LogP contribution in [0.1, 0.15) is 42.7 Å². The third-order valence-electron chi connectivity index (χ3n) is 5.87. The maximum atomic E-state index is 14.9. The molecule has 4 aromatic rings. The minimum Gasteiger partial charge on any atom is -0.454 e. The number of carbonyl (C=O) groups excluding carboxylic acids is 1. The molecule has 6 nitrogen and oxygen atoms in total. The van der Waals surface area contributed by atoms with E-state index in [1.165, 1.54) is 10.6 Å². The summed E-state index contributed by atoms with van der Waals surface area (Å²) in [5.41, 5.74) is 2.63. The monoisotopic (exact) mass is 493 g/mol. The summed E-state index contributed by atoms with van der Waals surface area (Å²) in [4.78, 5) is 29.3. The fourth-order valence-electron chi connectivity index (χ4n) is 3.94. The van der Waals surface area contributed by atoms with Gasteiger partial charge in [-0.1, -0.05) is 19.9 Å². The van der Waals surface area contributed by atoms with Crippen LogP contribution in [0, 0.1) is 5.82 Å². The predicted molar refractivity (Wildman–Crippen MR) is 139 cm³/mol. The number of ether oxygens (including phenoxy) is 1. The molecule has 0 aliphatic rings. The molecule has 0 atom stereocenters. The van der Waals surface area contributed by atoms with Crippen LogP contribution in [0.5, 0.6) is 11.5 Å². The van der Waals surface area contributed by atoms with Crippen molar-refractivity contribution in [3.63, 3.8) is 0 Å². The van der Waals surface area contributed by atoms with Crippen LogP contribution in [0.4, 0.5) is 4.39 Å². The van der Waals surface area contributed by atoms with Gasteiger partial charge in [-0.3, -0.25) is 9.59 Å². The Hall–Kier alpha value is -3.52. The van der Waals surface area contributed by atoms with Crippen molar-refractivity contribution in [3.8, 4) is 22.6 Å². The molecule has 0 saturated heterocycles. The maximum absolute atomic E-state index is 14.9. The van der Waals surface area contributed by atoms with Gasteiger partial charge in [-0.15, -0.1) is 11.8 Å². The van der Waals surface area contributed by atoms with Crippen LogP contribution in [0.25, 0.3) is 22.0 Å². The number of rotatable bonds is 7. The molecular formula is C27H28FN3O3S. The highest BCUT2D eigenvalue weighted by Gasteiger charge is 2.19. The first-order valence-electron chi connectivity index (χ1n) is 11.4. The number of nitrogens with zero attached hydrogens (tertiary/aromatic N) is 1. The van der Waals surface area contributed by atoms with Gasteiger partial charge >= 0.3 is 0 Å². The Morgan fingerprint density at radius 2 is 1.89 bits per heavy atom. The Morgan fingerprint density at radius 1 is 1.14 bits per heavy atom. The van der Waals surface area contributed by atoms with E-state index in [1.54, 1.807) is 43.2 Å². The number of hydrogen-bond donors (Lipinski definition) is 2. The Bertz CT molecular complexity index is 1470. The number of nitrogens with one attached hydrogen (secondary N) is 2. The minimum absolute atomic E-state index is 0.116. The van der Waals surface area contributed by atoms with Gasteiger partial charge in [0.25, 0.3) is 11.5 Å². The highest BCUT2D eigenvalue weighted by molar-refractivity contribution is 7.98. The number of aryl methyl sites for hydroxylation is 1. The van der Waals surface area contributed by atoms with Gasteiger partial charge in [0.05, 0.1) is 0 Å². The minimum atomic E-state index is -0.443. The number of benzene rings is 2. The summed E-state index contributed by atoms with van der Waals surface area (Å²) in [6.45, 7) is 6.31. The summed E-state index contributed by atoms with van der Waals surface area (Å²) in [6.07, 6.45) is 3.67. The van der Waals surface area contributed by atoms with Gasteiger partial charge in [-0.25, -0.2) is 4.39 Å². The second-order valence-corrected chi connectivity index (χ2v) is 9.48. The van der Waals surface area contributed by atoms with Gasteiger partial charge in [-0.05, 0) is 61.1 Å². The zero-order valence-corrected chi connectivity index (χ0v) is 21.2. The molecule has 4 rings (SSSR count). The normalized spacial score (nSPS) is 11.3. The highest BCUT2D eigenvalue weighted by Crippen LogP contribution is 2.39. The van der Waals surface area contributed by atoms with Crippen LogP contribution in [0.15, 0.2) is 58.4 Å². The maximum Gasteiger partial charge on any atom is 0.274 e. The van der Waals surface area contributed by atoms with Crippen molar-refractivity contribution in [2.24, 2.45) is 7.05 Å². The lowest BCUT2D eigenvalue weighted by molar-refractivity contribution is 0.0951. The summed E-state index contributed by atoms with van der Waals surface area (Å²) < 4.78 is 22.4. The van der Waals surface area contributed by atoms with Gasteiger partial charge in [0.15, 0.2) is 11.6 Å². The average Bonchev–Trinajstić information content (AvgIpc) is 3.29. The van der Waals surface area contributed by atoms with Gasteiger partial charge in [0.2, 0.25) is 0 Å². The quantitative estimate of drug-likeness (QED) is 0.307. The van der Waals surface area contributed by atoms with E-state index in [0.29, 0.717) is 40.0 Å². The van der Waals surface area contributed by atoms with Gasteiger partial charge in [-0.2, -0.15) is 0 Å². The van der Waals surface area contributed by atoms with E-state index in [-0.39, 0.29) is 23.1 Å². The van der Waals surface area contributed by atoms with Crippen molar-refractivity contribution in [3.05, 3.63) is 76.1 Å². The van der Waals surface area contributed by atoms with Gasteiger partial charge < -0.3 is 19.6 Å². The number of halogens is 1. The molecule has 0 fully saturated rings. The third-order valence-corrected chi connectivity index (χ3v) is 6.59. The average molecular weight is 494 g/mol. The van der Waals surface area contributed by atoms with Crippen LogP contribution in [0.2, 0.25) is 0 Å². The molecule has 2 heterocycles. The molecule has 0 saturated carbocycles. The zero-order chi connectivity index (χ0) is 25.3. The molecule has 0 aliphatic carbocycles.